The van der Waals surface area contributed by atoms with Crippen LogP contribution in [0.25, 0.3) is 0 Å². The van der Waals surface area contributed by atoms with Crippen LogP contribution in [-0.4, -0.2) is 71.8 Å². The standard InChI is InChI=1S/C11H12FNO3.C6H4FNO2.C5H10O2/c1-11(5-15-6-11)7-16-10(14)8-4-13-3-2-9(8)12;7-5-1-2-8-3-4(5)6(9)10;1-5(2-6)3-7-4-5/h2-4H,5-7H2,1H3;1-3H,(H,9,10);6H,2-4H2,1H3. The van der Waals surface area contributed by atoms with Gasteiger partial charge in [-0.15, -0.1) is 0 Å². The zero-order valence-corrected chi connectivity index (χ0v) is 18.3. The highest BCUT2D eigenvalue weighted by Crippen LogP contribution is 2.27. The molecule has 33 heavy (non-hydrogen) atoms. The van der Waals surface area contributed by atoms with Crippen molar-refractivity contribution in [3.8, 4) is 0 Å². The van der Waals surface area contributed by atoms with E-state index in [1.807, 2.05) is 13.8 Å². The lowest BCUT2D eigenvalue weighted by atomic mass is 9.90. The summed E-state index contributed by atoms with van der Waals surface area (Å²) in [6.07, 6.45) is 4.61. The topological polar surface area (TPSA) is 128 Å². The fourth-order valence-corrected chi connectivity index (χ4v) is 2.46. The average molecular weight is 468 g/mol. The second kappa shape index (κ2) is 11.7. The van der Waals surface area contributed by atoms with Crippen molar-refractivity contribution in [2.45, 2.75) is 13.8 Å². The van der Waals surface area contributed by atoms with E-state index >= 15 is 0 Å². The van der Waals surface area contributed by atoms with Gasteiger partial charge in [0.15, 0.2) is 0 Å². The molecule has 9 nitrogen and oxygen atoms in total. The van der Waals surface area contributed by atoms with Gasteiger partial charge in [-0.25, -0.2) is 18.4 Å². The monoisotopic (exact) mass is 468 g/mol. The number of rotatable bonds is 5. The second-order valence-corrected chi connectivity index (χ2v) is 8.36. The molecule has 2 aliphatic heterocycles. The van der Waals surface area contributed by atoms with Crippen LogP contribution in [0, 0.1) is 22.5 Å². The molecule has 2 aromatic heterocycles. The molecule has 0 atom stereocenters. The summed E-state index contributed by atoms with van der Waals surface area (Å²) >= 11 is 0. The lowest BCUT2D eigenvalue weighted by Gasteiger charge is -2.37. The zero-order valence-electron chi connectivity index (χ0n) is 18.3. The number of aromatic nitrogens is 2. The van der Waals surface area contributed by atoms with Crippen LogP contribution in [0.5, 0.6) is 0 Å². The lowest BCUT2D eigenvalue weighted by Crippen LogP contribution is -2.44. The first-order chi connectivity index (χ1) is 15.6. The molecule has 0 amide bonds. The van der Waals surface area contributed by atoms with E-state index in [2.05, 4.69) is 9.97 Å². The van der Waals surface area contributed by atoms with E-state index < -0.39 is 29.1 Å². The van der Waals surface area contributed by atoms with E-state index in [0.717, 1.165) is 37.7 Å². The summed E-state index contributed by atoms with van der Waals surface area (Å²) in [6.45, 7) is 7.03. The summed E-state index contributed by atoms with van der Waals surface area (Å²) in [4.78, 5) is 28.8. The van der Waals surface area contributed by atoms with E-state index in [9.17, 15) is 18.4 Å². The number of ether oxygens (including phenoxy) is 3. The summed E-state index contributed by atoms with van der Waals surface area (Å²) < 4.78 is 40.5. The molecule has 0 spiro atoms. The third-order valence-corrected chi connectivity index (χ3v) is 4.72. The molecule has 4 rings (SSSR count). The minimum Gasteiger partial charge on any atom is -0.478 e. The van der Waals surface area contributed by atoms with Gasteiger partial charge < -0.3 is 24.4 Å². The third kappa shape index (κ3) is 7.81. The number of aromatic carboxylic acids is 1. The number of carboxylic acids is 1. The van der Waals surface area contributed by atoms with Gasteiger partial charge >= 0.3 is 11.9 Å². The fourth-order valence-electron chi connectivity index (χ4n) is 2.46. The molecule has 0 aliphatic carbocycles. The number of esters is 1. The smallest absolute Gasteiger partial charge is 0.342 e. The molecule has 11 heteroatoms. The summed E-state index contributed by atoms with van der Waals surface area (Å²) in [5.41, 5.74) is -0.567. The van der Waals surface area contributed by atoms with Crippen LogP contribution in [-0.2, 0) is 14.2 Å². The summed E-state index contributed by atoms with van der Waals surface area (Å²) in [5, 5.41) is 16.9. The van der Waals surface area contributed by atoms with Crippen molar-refractivity contribution in [3.05, 3.63) is 59.7 Å². The Morgan fingerprint density at radius 3 is 1.76 bits per heavy atom. The van der Waals surface area contributed by atoms with Crippen LogP contribution >= 0.6 is 0 Å². The van der Waals surface area contributed by atoms with Crippen LogP contribution < -0.4 is 0 Å². The number of carboxylic acid groups (broad SMARTS) is 1. The normalized spacial score (nSPS) is 17.0. The molecule has 0 bridgehead atoms. The van der Waals surface area contributed by atoms with Crippen LogP contribution in [0.2, 0.25) is 0 Å². The number of hydrogen-bond acceptors (Lipinski definition) is 8. The number of hydrogen-bond donors (Lipinski definition) is 2. The molecule has 2 aromatic rings. The quantitative estimate of drug-likeness (QED) is 0.636. The molecule has 2 N–H and O–H groups in total. The van der Waals surface area contributed by atoms with E-state index in [-0.39, 0.29) is 29.6 Å². The highest BCUT2D eigenvalue weighted by molar-refractivity contribution is 5.89. The average Bonchev–Trinajstić information content (AvgIpc) is 2.76. The number of nitrogens with zero attached hydrogens (tertiary/aromatic N) is 2. The number of aliphatic hydroxyl groups excluding tert-OH is 1. The molecule has 0 aromatic carbocycles. The molecular formula is C22H26F2N2O7. The zero-order chi connectivity index (χ0) is 24.5. The molecule has 0 radical (unpaired) electrons. The van der Waals surface area contributed by atoms with Gasteiger partial charge in [-0.05, 0) is 12.1 Å². The Morgan fingerprint density at radius 2 is 1.45 bits per heavy atom. The summed E-state index contributed by atoms with van der Waals surface area (Å²) in [5.74, 6) is -3.36. The van der Waals surface area contributed by atoms with Gasteiger partial charge in [0.25, 0.3) is 0 Å². The summed E-state index contributed by atoms with van der Waals surface area (Å²) in [6, 6.07) is 2.13. The number of aliphatic hydroxyl groups is 1. The maximum absolute atomic E-state index is 13.2. The van der Waals surface area contributed by atoms with Crippen molar-refractivity contribution in [1.82, 2.24) is 9.97 Å². The Kier molecular flexibility index (Phi) is 9.32. The van der Waals surface area contributed by atoms with Gasteiger partial charge in [0.2, 0.25) is 0 Å². The maximum atomic E-state index is 13.2. The van der Waals surface area contributed by atoms with Crippen molar-refractivity contribution >= 4 is 11.9 Å². The van der Waals surface area contributed by atoms with E-state index in [4.69, 9.17) is 24.4 Å². The van der Waals surface area contributed by atoms with Crippen LogP contribution in [0.15, 0.2) is 36.9 Å². The molecule has 180 valence electrons. The minimum absolute atomic E-state index is 0.0972. The van der Waals surface area contributed by atoms with Crippen LogP contribution in [0.4, 0.5) is 8.78 Å². The van der Waals surface area contributed by atoms with Gasteiger partial charge in [0.1, 0.15) is 29.4 Å². The SMILES string of the molecule is CC1(CO)COC1.CC1(COC(=O)c2cnccc2F)COC1.O=C(O)c1cnccc1F. The van der Waals surface area contributed by atoms with Crippen molar-refractivity contribution < 1.29 is 42.8 Å². The van der Waals surface area contributed by atoms with E-state index in [0.29, 0.717) is 13.2 Å². The minimum atomic E-state index is -1.30. The molecular weight excluding hydrogens is 442 g/mol. The Labute approximate surface area is 189 Å². The lowest BCUT2D eigenvalue weighted by molar-refractivity contribution is -0.127. The highest BCUT2D eigenvalue weighted by Gasteiger charge is 2.35. The number of carbonyl (C=O) groups is 2. The fraction of sp³-hybridized carbons (Fsp3) is 0.455. The highest BCUT2D eigenvalue weighted by atomic mass is 19.1. The van der Waals surface area contributed by atoms with Gasteiger partial charge in [-0.3, -0.25) is 9.97 Å². The first kappa shape index (κ1) is 26.2. The van der Waals surface area contributed by atoms with Gasteiger partial charge in [0, 0.05) is 35.6 Å². The van der Waals surface area contributed by atoms with Gasteiger partial charge in [-0.2, -0.15) is 0 Å². The second-order valence-electron chi connectivity index (χ2n) is 8.36. The van der Waals surface area contributed by atoms with Crippen molar-refractivity contribution in [2.24, 2.45) is 10.8 Å². The van der Waals surface area contributed by atoms with Gasteiger partial charge in [-0.1, -0.05) is 13.8 Å². The van der Waals surface area contributed by atoms with E-state index in [1.165, 1.54) is 12.4 Å². The molecule has 2 aliphatic rings. The van der Waals surface area contributed by atoms with Crippen LogP contribution in [0.3, 0.4) is 0 Å². The van der Waals surface area contributed by atoms with Crippen molar-refractivity contribution in [2.75, 3.05) is 39.6 Å². The van der Waals surface area contributed by atoms with Gasteiger partial charge in [0.05, 0.1) is 33.0 Å². The Balaban J connectivity index is 0.000000193. The first-order valence-electron chi connectivity index (χ1n) is 9.95. The first-order valence-corrected chi connectivity index (χ1v) is 9.95. The Hall–Kier alpha value is -3.02. The molecule has 0 saturated carbocycles. The third-order valence-electron chi connectivity index (χ3n) is 4.72. The van der Waals surface area contributed by atoms with Crippen LogP contribution in [0.1, 0.15) is 34.6 Å². The molecule has 2 saturated heterocycles. The summed E-state index contributed by atoms with van der Waals surface area (Å²) in [7, 11) is 0. The van der Waals surface area contributed by atoms with Crippen molar-refractivity contribution in [1.29, 1.82) is 0 Å². The van der Waals surface area contributed by atoms with Crippen molar-refractivity contribution in [3.63, 3.8) is 0 Å². The number of pyridine rings is 2. The molecule has 2 fully saturated rings. The predicted octanol–water partition coefficient (Wildman–Crippen LogP) is 2.35. The largest absolute Gasteiger partial charge is 0.478 e. The van der Waals surface area contributed by atoms with E-state index in [1.54, 1.807) is 0 Å². The Bertz CT molecular complexity index is 944. The molecule has 0 unspecified atom stereocenters. The Morgan fingerprint density at radius 1 is 0.970 bits per heavy atom. The predicted molar refractivity (Wildman–Crippen MR) is 111 cm³/mol. The number of halogens is 2. The molecule has 4 heterocycles. The maximum Gasteiger partial charge on any atom is 0.342 e. The number of carbonyl (C=O) groups excluding carboxylic acids is 1.